The molecule has 1 heterocycles. The molecule has 1 aliphatic rings. The highest BCUT2D eigenvalue weighted by molar-refractivity contribution is 7.13. The number of carbonyl (C=O) groups is 1. The highest BCUT2D eigenvalue weighted by atomic mass is 32.1. The lowest BCUT2D eigenvalue weighted by molar-refractivity contribution is -0.122. The summed E-state index contributed by atoms with van der Waals surface area (Å²) in [6.07, 6.45) is 3.99. The third-order valence-corrected chi connectivity index (χ3v) is 4.69. The molecular weight excluding hydrogens is 258 g/mol. The highest BCUT2D eigenvalue weighted by Crippen LogP contribution is 2.33. The molecule has 1 aliphatic carbocycles. The summed E-state index contributed by atoms with van der Waals surface area (Å²) < 4.78 is 0. The van der Waals surface area contributed by atoms with Gasteiger partial charge in [-0.2, -0.15) is 0 Å². The Labute approximate surface area is 118 Å². The Morgan fingerprint density at radius 1 is 1.58 bits per heavy atom. The number of anilines is 1. The molecule has 1 fully saturated rings. The van der Waals surface area contributed by atoms with Crippen LogP contribution in [0.5, 0.6) is 0 Å². The van der Waals surface area contributed by atoms with Gasteiger partial charge in [0.2, 0.25) is 5.91 Å². The molecular formula is C14H23N3OS. The quantitative estimate of drug-likeness (QED) is 0.894. The van der Waals surface area contributed by atoms with Crippen LogP contribution in [0.1, 0.15) is 58.1 Å². The van der Waals surface area contributed by atoms with Gasteiger partial charge in [0, 0.05) is 10.9 Å². The van der Waals surface area contributed by atoms with Gasteiger partial charge in [-0.25, -0.2) is 4.98 Å². The van der Waals surface area contributed by atoms with E-state index in [0.29, 0.717) is 11.0 Å². The van der Waals surface area contributed by atoms with Gasteiger partial charge in [0.15, 0.2) is 5.13 Å². The number of carbonyl (C=O) groups excluding carboxylic acids is 1. The largest absolute Gasteiger partial charge is 0.325 e. The summed E-state index contributed by atoms with van der Waals surface area (Å²) in [6, 6.07) is 0. The molecule has 0 saturated heterocycles. The van der Waals surface area contributed by atoms with Crippen LogP contribution in [0.25, 0.3) is 0 Å². The van der Waals surface area contributed by atoms with Gasteiger partial charge in [0.1, 0.15) is 0 Å². The van der Waals surface area contributed by atoms with Crippen molar-refractivity contribution in [3.63, 3.8) is 0 Å². The first kappa shape index (κ1) is 14.5. The average molecular weight is 281 g/mol. The van der Waals surface area contributed by atoms with Crippen LogP contribution >= 0.6 is 11.3 Å². The Kier molecular flexibility index (Phi) is 4.26. The molecule has 0 spiro atoms. The predicted octanol–water partition coefficient (Wildman–Crippen LogP) is 3.11. The number of thiazole rings is 1. The SMILES string of the molecule is CC(C)c1csc(NC(=O)C2CCCCC2(C)N)n1. The van der Waals surface area contributed by atoms with Crippen molar-refractivity contribution >= 4 is 22.4 Å². The summed E-state index contributed by atoms with van der Waals surface area (Å²) >= 11 is 1.49. The standard InChI is InChI=1S/C14H23N3OS/c1-9(2)11-8-19-13(16-11)17-12(18)10-6-4-5-7-14(10,3)15/h8-10H,4-7,15H2,1-3H3,(H,16,17,18). The van der Waals surface area contributed by atoms with Gasteiger partial charge in [0.05, 0.1) is 11.6 Å². The molecule has 2 rings (SSSR count). The summed E-state index contributed by atoms with van der Waals surface area (Å²) in [5.41, 5.74) is 6.89. The molecule has 0 aromatic carbocycles. The van der Waals surface area contributed by atoms with Crippen molar-refractivity contribution in [1.82, 2.24) is 4.98 Å². The molecule has 2 unspecified atom stereocenters. The average Bonchev–Trinajstić information content (AvgIpc) is 2.76. The number of nitrogens with one attached hydrogen (secondary N) is 1. The first-order valence-electron chi connectivity index (χ1n) is 6.95. The van der Waals surface area contributed by atoms with E-state index >= 15 is 0 Å². The number of nitrogens with zero attached hydrogens (tertiary/aromatic N) is 1. The molecule has 1 aromatic heterocycles. The van der Waals surface area contributed by atoms with Crippen LogP contribution in [0.4, 0.5) is 5.13 Å². The van der Waals surface area contributed by atoms with Crippen LogP contribution in [-0.2, 0) is 4.79 Å². The van der Waals surface area contributed by atoms with Crippen molar-refractivity contribution in [3.05, 3.63) is 11.1 Å². The Balaban J connectivity index is 2.03. The monoisotopic (exact) mass is 281 g/mol. The number of hydrogen-bond acceptors (Lipinski definition) is 4. The molecule has 106 valence electrons. The minimum Gasteiger partial charge on any atom is -0.325 e. The molecule has 4 nitrogen and oxygen atoms in total. The zero-order valence-electron chi connectivity index (χ0n) is 11.9. The minimum absolute atomic E-state index is 0.0226. The van der Waals surface area contributed by atoms with Crippen molar-refractivity contribution in [3.8, 4) is 0 Å². The third kappa shape index (κ3) is 3.34. The second kappa shape index (κ2) is 5.59. The second-order valence-electron chi connectivity index (χ2n) is 6.03. The van der Waals surface area contributed by atoms with Gasteiger partial charge in [0.25, 0.3) is 0 Å². The molecule has 3 N–H and O–H groups in total. The number of aromatic nitrogens is 1. The van der Waals surface area contributed by atoms with Crippen molar-refractivity contribution in [2.75, 3.05) is 5.32 Å². The third-order valence-electron chi connectivity index (χ3n) is 3.91. The van der Waals surface area contributed by atoms with E-state index in [9.17, 15) is 4.79 Å². The second-order valence-corrected chi connectivity index (χ2v) is 6.88. The number of amides is 1. The smallest absolute Gasteiger partial charge is 0.231 e. The number of hydrogen-bond donors (Lipinski definition) is 2. The van der Waals surface area contributed by atoms with E-state index in [4.69, 9.17) is 5.73 Å². The van der Waals surface area contributed by atoms with Crippen molar-refractivity contribution < 1.29 is 4.79 Å². The predicted molar refractivity (Wildman–Crippen MR) is 79.4 cm³/mol. The summed E-state index contributed by atoms with van der Waals surface area (Å²) in [5.74, 6) is 0.304. The maximum absolute atomic E-state index is 12.3. The van der Waals surface area contributed by atoms with Gasteiger partial charge in [-0.05, 0) is 25.7 Å². The molecule has 0 radical (unpaired) electrons. The van der Waals surface area contributed by atoms with Gasteiger partial charge in [-0.15, -0.1) is 11.3 Å². The van der Waals surface area contributed by atoms with Gasteiger partial charge in [-0.3, -0.25) is 4.79 Å². The van der Waals surface area contributed by atoms with Gasteiger partial charge < -0.3 is 11.1 Å². The Morgan fingerprint density at radius 2 is 2.32 bits per heavy atom. The molecule has 1 saturated carbocycles. The van der Waals surface area contributed by atoms with Crippen molar-refractivity contribution in [1.29, 1.82) is 0 Å². The lowest BCUT2D eigenvalue weighted by atomic mass is 9.74. The highest BCUT2D eigenvalue weighted by Gasteiger charge is 2.37. The topological polar surface area (TPSA) is 68.0 Å². The van der Waals surface area contributed by atoms with E-state index in [1.165, 1.54) is 11.3 Å². The fraction of sp³-hybridized carbons (Fsp3) is 0.714. The first-order valence-corrected chi connectivity index (χ1v) is 7.83. The maximum atomic E-state index is 12.3. The van der Waals surface area contributed by atoms with E-state index in [1.54, 1.807) is 0 Å². The molecule has 0 aliphatic heterocycles. The maximum Gasteiger partial charge on any atom is 0.231 e. The molecule has 5 heteroatoms. The Bertz CT molecular complexity index is 453. The van der Waals surface area contributed by atoms with E-state index in [2.05, 4.69) is 24.1 Å². The zero-order valence-corrected chi connectivity index (χ0v) is 12.7. The van der Waals surface area contributed by atoms with E-state index < -0.39 is 0 Å². The summed E-state index contributed by atoms with van der Waals surface area (Å²) in [4.78, 5) is 16.8. The lowest BCUT2D eigenvalue weighted by Crippen LogP contribution is -2.51. The first-order chi connectivity index (χ1) is 8.90. The Morgan fingerprint density at radius 3 is 2.89 bits per heavy atom. The van der Waals surface area contributed by atoms with Crippen LogP contribution in [0.15, 0.2) is 5.38 Å². The van der Waals surface area contributed by atoms with Crippen LogP contribution < -0.4 is 11.1 Å². The minimum atomic E-state index is -0.388. The van der Waals surface area contributed by atoms with Crippen molar-refractivity contribution in [2.45, 2.75) is 57.9 Å². The number of nitrogens with two attached hydrogens (primary N) is 1. The molecule has 2 atom stereocenters. The van der Waals surface area contributed by atoms with Gasteiger partial charge >= 0.3 is 0 Å². The normalized spacial score (nSPS) is 27.5. The number of rotatable bonds is 3. The molecule has 19 heavy (non-hydrogen) atoms. The summed E-state index contributed by atoms with van der Waals surface area (Å²) in [6.45, 7) is 6.18. The summed E-state index contributed by atoms with van der Waals surface area (Å²) in [7, 11) is 0. The van der Waals surface area contributed by atoms with Crippen LogP contribution in [-0.4, -0.2) is 16.4 Å². The fourth-order valence-corrected chi connectivity index (χ4v) is 3.47. The van der Waals surface area contributed by atoms with E-state index in [0.717, 1.165) is 31.4 Å². The lowest BCUT2D eigenvalue weighted by Gasteiger charge is -2.36. The Hall–Kier alpha value is -0.940. The van der Waals surface area contributed by atoms with Crippen LogP contribution in [0.2, 0.25) is 0 Å². The fourth-order valence-electron chi connectivity index (χ4n) is 2.59. The van der Waals surface area contributed by atoms with E-state index in [1.807, 2.05) is 12.3 Å². The van der Waals surface area contributed by atoms with Crippen LogP contribution in [0, 0.1) is 5.92 Å². The molecule has 0 bridgehead atoms. The van der Waals surface area contributed by atoms with Crippen LogP contribution in [0.3, 0.4) is 0 Å². The summed E-state index contributed by atoms with van der Waals surface area (Å²) in [5, 5.41) is 5.62. The van der Waals surface area contributed by atoms with Crippen molar-refractivity contribution in [2.24, 2.45) is 11.7 Å². The molecule has 1 amide bonds. The van der Waals surface area contributed by atoms with Gasteiger partial charge in [-0.1, -0.05) is 26.7 Å². The van der Waals surface area contributed by atoms with E-state index in [-0.39, 0.29) is 17.4 Å². The zero-order chi connectivity index (χ0) is 14.0. The molecule has 1 aromatic rings.